The minimum Gasteiger partial charge on any atom is -0.361 e. The number of fused-ring (bicyclic) bond motifs is 1. The molecule has 21 heavy (non-hydrogen) atoms. The number of aromatic nitrogens is 3. The largest absolute Gasteiger partial charge is 0.361 e. The minimum atomic E-state index is 0.0525. The zero-order valence-corrected chi connectivity index (χ0v) is 12.6. The van der Waals surface area contributed by atoms with Gasteiger partial charge in [0.25, 0.3) is 0 Å². The number of nitrogens with one attached hydrogen (secondary N) is 1. The number of anilines is 1. The van der Waals surface area contributed by atoms with Crippen molar-refractivity contribution >= 4 is 16.6 Å². The average Bonchev–Trinajstić information content (AvgIpc) is 2.81. The Bertz CT molecular complexity index is 775. The van der Waals surface area contributed by atoms with E-state index in [9.17, 15) is 0 Å². The van der Waals surface area contributed by atoms with Crippen LogP contribution in [0.4, 0.5) is 5.82 Å². The van der Waals surface area contributed by atoms with Crippen LogP contribution in [0.2, 0.25) is 0 Å². The van der Waals surface area contributed by atoms with Crippen LogP contribution in [0.1, 0.15) is 35.7 Å². The highest BCUT2D eigenvalue weighted by atomic mass is 16.5. The molecule has 0 amide bonds. The lowest BCUT2D eigenvalue weighted by Gasteiger charge is -2.16. The van der Waals surface area contributed by atoms with Crippen molar-refractivity contribution < 1.29 is 4.52 Å². The first-order valence-corrected chi connectivity index (χ1v) is 6.99. The third kappa shape index (κ3) is 2.35. The molecule has 108 valence electrons. The second kappa shape index (κ2) is 5.16. The van der Waals surface area contributed by atoms with Gasteiger partial charge in [-0.2, -0.15) is 5.10 Å². The third-order valence-corrected chi connectivity index (χ3v) is 3.75. The van der Waals surface area contributed by atoms with Crippen LogP contribution < -0.4 is 5.32 Å². The van der Waals surface area contributed by atoms with Gasteiger partial charge in [-0.3, -0.25) is 0 Å². The molecule has 0 saturated heterocycles. The van der Waals surface area contributed by atoms with Crippen LogP contribution in [0, 0.1) is 20.8 Å². The number of hydrogen-bond acceptors (Lipinski definition) is 5. The number of benzene rings is 1. The summed E-state index contributed by atoms with van der Waals surface area (Å²) in [6, 6.07) is 8.19. The summed E-state index contributed by atoms with van der Waals surface area (Å²) in [6.07, 6.45) is 0. The summed E-state index contributed by atoms with van der Waals surface area (Å²) in [4.78, 5) is 0. The van der Waals surface area contributed by atoms with E-state index in [1.54, 1.807) is 0 Å². The van der Waals surface area contributed by atoms with Gasteiger partial charge in [0, 0.05) is 16.3 Å². The maximum atomic E-state index is 5.23. The summed E-state index contributed by atoms with van der Waals surface area (Å²) < 4.78 is 5.23. The second-order valence-electron chi connectivity index (χ2n) is 5.28. The molecule has 0 bridgehead atoms. The predicted octanol–water partition coefficient (Wildman–Crippen LogP) is 3.72. The normalized spacial score (nSPS) is 12.6. The lowest BCUT2D eigenvalue weighted by molar-refractivity contribution is 0.392. The van der Waals surface area contributed by atoms with E-state index in [2.05, 4.69) is 39.7 Å². The minimum absolute atomic E-state index is 0.0525. The van der Waals surface area contributed by atoms with Gasteiger partial charge in [0.15, 0.2) is 5.82 Å². The first-order valence-electron chi connectivity index (χ1n) is 6.99. The van der Waals surface area contributed by atoms with Crippen LogP contribution in [0.15, 0.2) is 28.8 Å². The van der Waals surface area contributed by atoms with Crippen molar-refractivity contribution in [2.45, 2.75) is 33.7 Å². The zero-order valence-electron chi connectivity index (χ0n) is 12.6. The van der Waals surface area contributed by atoms with E-state index in [0.717, 1.165) is 39.3 Å². The molecule has 0 saturated carbocycles. The average molecular weight is 282 g/mol. The van der Waals surface area contributed by atoms with Crippen molar-refractivity contribution in [3.05, 3.63) is 47.0 Å². The Morgan fingerprint density at radius 1 is 1.00 bits per heavy atom. The molecule has 0 fully saturated rings. The van der Waals surface area contributed by atoms with Crippen LogP contribution >= 0.6 is 0 Å². The molecule has 5 heteroatoms. The predicted molar refractivity (Wildman–Crippen MR) is 82.3 cm³/mol. The van der Waals surface area contributed by atoms with Gasteiger partial charge in [0.2, 0.25) is 0 Å². The van der Waals surface area contributed by atoms with Crippen LogP contribution in [-0.4, -0.2) is 15.4 Å². The van der Waals surface area contributed by atoms with Crippen molar-refractivity contribution in [1.29, 1.82) is 0 Å². The lowest BCUT2D eigenvalue weighted by atomic mass is 10.1. The van der Waals surface area contributed by atoms with Crippen LogP contribution in [0.5, 0.6) is 0 Å². The molecule has 2 heterocycles. The molecule has 5 nitrogen and oxygen atoms in total. The first kappa shape index (κ1) is 13.5. The summed E-state index contributed by atoms with van der Waals surface area (Å²) in [7, 11) is 0. The van der Waals surface area contributed by atoms with E-state index in [1.807, 2.05) is 32.9 Å². The van der Waals surface area contributed by atoms with Crippen molar-refractivity contribution in [3.8, 4) is 0 Å². The quantitative estimate of drug-likeness (QED) is 0.793. The highest BCUT2D eigenvalue weighted by Crippen LogP contribution is 2.28. The third-order valence-electron chi connectivity index (χ3n) is 3.75. The highest BCUT2D eigenvalue weighted by molar-refractivity contribution is 5.92. The van der Waals surface area contributed by atoms with Gasteiger partial charge in [-0.1, -0.05) is 29.4 Å². The van der Waals surface area contributed by atoms with E-state index in [1.165, 1.54) is 0 Å². The van der Waals surface area contributed by atoms with Crippen LogP contribution in [0.25, 0.3) is 10.8 Å². The first-order chi connectivity index (χ1) is 10.1. The number of rotatable bonds is 3. The molecule has 0 aliphatic carbocycles. The van der Waals surface area contributed by atoms with Gasteiger partial charge >= 0.3 is 0 Å². The summed E-state index contributed by atoms with van der Waals surface area (Å²) in [5.74, 6) is 1.61. The van der Waals surface area contributed by atoms with Crippen molar-refractivity contribution in [1.82, 2.24) is 15.4 Å². The number of aryl methyl sites for hydroxylation is 3. The molecule has 0 aliphatic rings. The van der Waals surface area contributed by atoms with E-state index in [4.69, 9.17) is 4.52 Å². The summed E-state index contributed by atoms with van der Waals surface area (Å²) in [6.45, 7) is 7.91. The molecule has 0 radical (unpaired) electrons. The fourth-order valence-corrected chi connectivity index (χ4v) is 2.73. The Kier molecular flexibility index (Phi) is 3.33. The van der Waals surface area contributed by atoms with Gasteiger partial charge in [-0.05, 0) is 27.7 Å². The molecule has 3 rings (SSSR count). The Balaban J connectivity index is 2.01. The SMILES string of the molecule is Cc1noc(C)c1C(C)Nc1nnc(C)c2ccccc12. The molecule has 0 spiro atoms. The summed E-state index contributed by atoms with van der Waals surface area (Å²) >= 11 is 0. The zero-order chi connectivity index (χ0) is 15.0. The molecule has 1 N–H and O–H groups in total. The van der Waals surface area contributed by atoms with Crippen molar-refractivity contribution in [2.75, 3.05) is 5.32 Å². The molecular weight excluding hydrogens is 264 g/mol. The molecule has 0 aliphatic heterocycles. The van der Waals surface area contributed by atoms with Gasteiger partial charge < -0.3 is 9.84 Å². The van der Waals surface area contributed by atoms with Crippen molar-refractivity contribution in [2.24, 2.45) is 0 Å². The standard InChI is InChI=1S/C16H18N4O/c1-9-13-7-5-6-8-14(13)16(19-18-9)17-10(2)15-11(3)20-21-12(15)4/h5-8,10H,1-4H3,(H,17,19). The highest BCUT2D eigenvalue weighted by Gasteiger charge is 2.18. The van der Waals surface area contributed by atoms with Gasteiger partial charge in [0.05, 0.1) is 17.4 Å². The Labute approximate surface area is 123 Å². The van der Waals surface area contributed by atoms with Crippen molar-refractivity contribution in [3.63, 3.8) is 0 Å². The second-order valence-corrected chi connectivity index (χ2v) is 5.28. The molecule has 1 aromatic carbocycles. The van der Waals surface area contributed by atoms with Crippen LogP contribution in [0.3, 0.4) is 0 Å². The smallest absolute Gasteiger partial charge is 0.157 e. The van der Waals surface area contributed by atoms with E-state index < -0.39 is 0 Å². The molecule has 1 atom stereocenters. The van der Waals surface area contributed by atoms with E-state index >= 15 is 0 Å². The summed E-state index contributed by atoms with van der Waals surface area (Å²) in [5.41, 5.74) is 2.90. The Morgan fingerprint density at radius 3 is 2.38 bits per heavy atom. The van der Waals surface area contributed by atoms with Crippen LogP contribution in [-0.2, 0) is 0 Å². The number of hydrogen-bond donors (Lipinski definition) is 1. The number of nitrogens with zero attached hydrogens (tertiary/aromatic N) is 3. The maximum Gasteiger partial charge on any atom is 0.157 e. The van der Waals surface area contributed by atoms with Gasteiger partial charge in [0.1, 0.15) is 5.76 Å². The van der Waals surface area contributed by atoms with E-state index in [-0.39, 0.29) is 6.04 Å². The fourth-order valence-electron chi connectivity index (χ4n) is 2.73. The lowest BCUT2D eigenvalue weighted by Crippen LogP contribution is -2.11. The topological polar surface area (TPSA) is 63.8 Å². The fraction of sp³-hybridized carbons (Fsp3) is 0.312. The molecule has 3 aromatic rings. The molecular formula is C16H18N4O. The maximum absolute atomic E-state index is 5.23. The van der Waals surface area contributed by atoms with Gasteiger partial charge in [-0.15, -0.1) is 5.10 Å². The van der Waals surface area contributed by atoms with E-state index in [0.29, 0.717) is 0 Å². The monoisotopic (exact) mass is 282 g/mol. The summed E-state index contributed by atoms with van der Waals surface area (Å²) in [5, 5.41) is 18.2. The molecule has 1 unspecified atom stereocenters. The molecule has 2 aromatic heterocycles. The Hall–Kier alpha value is -2.43. The van der Waals surface area contributed by atoms with Gasteiger partial charge in [-0.25, -0.2) is 0 Å². The Morgan fingerprint density at radius 2 is 1.71 bits per heavy atom.